The third kappa shape index (κ3) is 5.23. The SMILES string of the molecule is C/C(=N\NC(=O)CN1CCCCCC1=O)c1ccc(-c2ccc(F)cc2)s1. The average molecular weight is 387 g/mol. The van der Waals surface area contributed by atoms with Crippen LogP contribution < -0.4 is 5.43 Å². The van der Waals surface area contributed by atoms with E-state index in [0.29, 0.717) is 18.7 Å². The van der Waals surface area contributed by atoms with E-state index < -0.39 is 0 Å². The maximum atomic E-state index is 13.0. The number of hydrogen-bond donors (Lipinski definition) is 1. The number of amides is 2. The summed E-state index contributed by atoms with van der Waals surface area (Å²) in [5.74, 6) is -0.524. The molecule has 1 saturated heterocycles. The zero-order chi connectivity index (χ0) is 19.2. The van der Waals surface area contributed by atoms with Gasteiger partial charge in [0.15, 0.2) is 0 Å². The highest BCUT2D eigenvalue weighted by molar-refractivity contribution is 7.17. The van der Waals surface area contributed by atoms with Crippen LogP contribution in [-0.4, -0.2) is 35.5 Å². The highest BCUT2D eigenvalue weighted by Gasteiger charge is 2.19. The Bertz CT molecular complexity index is 845. The molecule has 0 spiro atoms. The van der Waals surface area contributed by atoms with Crippen LogP contribution in [-0.2, 0) is 9.59 Å². The van der Waals surface area contributed by atoms with Gasteiger partial charge in [-0.25, -0.2) is 9.82 Å². The molecule has 1 N–H and O–H groups in total. The first kappa shape index (κ1) is 19.2. The van der Waals surface area contributed by atoms with Crippen LogP contribution in [0.1, 0.15) is 37.5 Å². The Morgan fingerprint density at radius 1 is 1.19 bits per heavy atom. The summed E-state index contributed by atoms with van der Waals surface area (Å²) in [6.07, 6.45) is 3.36. The Balaban J connectivity index is 1.59. The molecular weight excluding hydrogens is 365 g/mol. The molecule has 0 aliphatic carbocycles. The standard InChI is InChI=1S/C20H22FN3O2S/c1-14(17-10-11-18(27-17)15-6-8-16(21)9-7-15)22-23-19(25)13-24-12-4-2-3-5-20(24)26/h6-11H,2-5,12-13H2,1H3,(H,23,25)/b22-14+. The van der Waals surface area contributed by atoms with E-state index >= 15 is 0 Å². The van der Waals surface area contributed by atoms with Gasteiger partial charge in [-0.3, -0.25) is 9.59 Å². The number of carbonyl (C=O) groups excluding carboxylic acids is 2. The first-order valence-corrected chi connectivity index (χ1v) is 9.81. The fourth-order valence-corrected chi connectivity index (χ4v) is 3.87. The number of hydrazone groups is 1. The molecule has 1 fully saturated rings. The lowest BCUT2D eigenvalue weighted by atomic mass is 10.2. The highest BCUT2D eigenvalue weighted by Crippen LogP contribution is 2.28. The van der Waals surface area contributed by atoms with Gasteiger partial charge < -0.3 is 4.90 Å². The predicted octanol–water partition coefficient (Wildman–Crippen LogP) is 3.80. The number of carbonyl (C=O) groups is 2. The van der Waals surface area contributed by atoms with E-state index in [1.165, 1.54) is 23.5 Å². The molecule has 1 aliphatic heterocycles. The van der Waals surface area contributed by atoms with Crippen LogP contribution in [0.4, 0.5) is 4.39 Å². The zero-order valence-corrected chi connectivity index (χ0v) is 16.0. The molecule has 0 radical (unpaired) electrons. The summed E-state index contributed by atoms with van der Waals surface area (Å²) in [7, 11) is 0. The molecule has 0 saturated carbocycles. The van der Waals surface area contributed by atoms with Crippen molar-refractivity contribution in [2.45, 2.75) is 32.6 Å². The van der Waals surface area contributed by atoms with Gasteiger partial charge in [0, 0.05) is 17.8 Å². The van der Waals surface area contributed by atoms with Crippen LogP contribution in [0, 0.1) is 5.82 Å². The summed E-state index contributed by atoms with van der Waals surface area (Å²) in [5, 5.41) is 4.16. The molecule has 1 aliphatic rings. The Labute approximate surface area is 161 Å². The molecule has 7 heteroatoms. The van der Waals surface area contributed by atoms with Crippen molar-refractivity contribution in [3.05, 3.63) is 47.1 Å². The number of rotatable bonds is 5. The number of nitrogens with one attached hydrogen (secondary N) is 1. The molecule has 27 heavy (non-hydrogen) atoms. The summed E-state index contributed by atoms with van der Waals surface area (Å²) < 4.78 is 13.0. The number of nitrogens with zero attached hydrogens (tertiary/aromatic N) is 2. The smallest absolute Gasteiger partial charge is 0.259 e. The summed E-state index contributed by atoms with van der Waals surface area (Å²) in [5.41, 5.74) is 4.16. The molecule has 142 valence electrons. The summed E-state index contributed by atoms with van der Waals surface area (Å²) in [4.78, 5) is 27.6. The van der Waals surface area contributed by atoms with Gasteiger partial charge in [0.2, 0.25) is 5.91 Å². The molecule has 2 amide bonds. The minimum Gasteiger partial charge on any atom is -0.333 e. The Kier molecular flexibility index (Phi) is 6.34. The van der Waals surface area contributed by atoms with Gasteiger partial charge in [-0.2, -0.15) is 5.10 Å². The fourth-order valence-electron chi connectivity index (χ4n) is 2.92. The summed E-state index contributed by atoms with van der Waals surface area (Å²) in [6, 6.07) is 10.2. The molecular formula is C20H22FN3O2S. The van der Waals surface area contributed by atoms with Crippen molar-refractivity contribution in [2.24, 2.45) is 5.10 Å². The molecule has 1 aromatic carbocycles. The van der Waals surface area contributed by atoms with Crippen molar-refractivity contribution >= 4 is 28.9 Å². The average Bonchev–Trinajstić information content (AvgIpc) is 3.07. The van der Waals surface area contributed by atoms with E-state index in [9.17, 15) is 14.0 Å². The predicted molar refractivity (Wildman–Crippen MR) is 105 cm³/mol. The quantitative estimate of drug-likeness (QED) is 0.627. The monoisotopic (exact) mass is 387 g/mol. The Morgan fingerprint density at radius 2 is 1.96 bits per heavy atom. The largest absolute Gasteiger partial charge is 0.333 e. The Morgan fingerprint density at radius 3 is 2.74 bits per heavy atom. The summed E-state index contributed by atoms with van der Waals surface area (Å²) in [6.45, 7) is 2.49. The second kappa shape index (κ2) is 8.90. The highest BCUT2D eigenvalue weighted by atomic mass is 32.1. The van der Waals surface area contributed by atoms with E-state index in [1.54, 1.807) is 17.0 Å². The molecule has 1 aromatic heterocycles. The summed E-state index contributed by atoms with van der Waals surface area (Å²) >= 11 is 1.52. The first-order valence-electron chi connectivity index (χ1n) is 9.00. The topological polar surface area (TPSA) is 61.8 Å². The van der Waals surface area contributed by atoms with Crippen molar-refractivity contribution in [3.63, 3.8) is 0 Å². The zero-order valence-electron chi connectivity index (χ0n) is 15.2. The van der Waals surface area contributed by atoms with Crippen LogP contribution in [0.15, 0.2) is 41.5 Å². The maximum absolute atomic E-state index is 13.0. The van der Waals surface area contributed by atoms with E-state index in [4.69, 9.17) is 0 Å². The number of hydrogen-bond acceptors (Lipinski definition) is 4. The van der Waals surface area contributed by atoms with Crippen LogP contribution in [0.2, 0.25) is 0 Å². The normalized spacial score (nSPS) is 15.6. The van der Waals surface area contributed by atoms with Crippen molar-refractivity contribution in [1.29, 1.82) is 0 Å². The molecule has 0 unspecified atom stereocenters. The van der Waals surface area contributed by atoms with E-state index in [-0.39, 0.29) is 24.2 Å². The van der Waals surface area contributed by atoms with E-state index in [1.807, 2.05) is 19.1 Å². The van der Waals surface area contributed by atoms with E-state index in [0.717, 1.165) is 34.6 Å². The van der Waals surface area contributed by atoms with Crippen LogP contribution in [0.3, 0.4) is 0 Å². The first-order chi connectivity index (χ1) is 13.0. The molecule has 3 rings (SSSR count). The fraction of sp³-hybridized carbons (Fsp3) is 0.350. The molecule has 2 heterocycles. The van der Waals surface area contributed by atoms with Gasteiger partial charge in [0.05, 0.1) is 10.6 Å². The van der Waals surface area contributed by atoms with Crippen LogP contribution in [0.25, 0.3) is 10.4 Å². The molecule has 2 aromatic rings. The number of likely N-dealkylation sites (tertiary alicyclic amines) is 1. The third-order valence-corrected chi connectivity index (χ3v) is 5.69. The van der Waals surface area contributed by atoms with Gasteiger partial charge >= 0.3 is 0 Å². The minimum absolute atomic E-state index is 0.0329. The lowest BCUT2D eigenvalue weighted by Crippen LogP contribution is -2.39. The second-order valence-electron chi connectivity index (χ2n) is 6.53. The van der Waals surface area contributed by atoms with Crippen LogP contribution >= 0.6 is 11.3 Å². The molecule has 0 bridgehead atoms. The Hall–Kier alpha value is -2.54. The minimum atomic E-state index is -0.292. The van der Waals surface area contributed by atoms with E-state index in [2.05, 4.69) is 10.5 Å². The van der Waals surface area contributed by atoms with Crippen molar-refractivity contribution in [1.82, 2.24) is 10.3 Å². The second-order valence-corrected chi connectivity index (χ2v) is 7.61. The number of thiophene rings is 1. The molecule has 5 nitrogen and oxygen atoms in total. The third-order valence-electron chi connectivity index (χ3n) is 4.45. The van der Waals surface area contributed by atoms with Gasteiger partial charge in [0.25, 0.3) is 5.91 Å². The lowest BCUT2D eigenvalue weighted by Gasteiger charge is -2.18. The lowest BCUT2D eigenvalue weighted by molar-refractivity contribution is -0.135. The van der Waals surface area contributed by atoms with Crippen molar-refractivity contribution in [3.8, 4) is 10.4 Å². The van der Waals surface area contributed by atoms with Crippen molar-refractivity contribution in [2.75, 3.05) is 13.1 Å². The number of halogens is 1. The number of benzene rings is 1. The van der Waals surface area contributed by atoms with Crippen molar-refractivity contribution < 1.29 is 14.0 Å². The van der Waals surface area contributed by atoms with Crippen LogP contribution in [0.5, 0.6) is 0 Å². The van der Waals surface area contributed by atoms with Gasteiger partial charge in [-0.1, -0.05) is 18.6 Å². The molecule has 0 atom stereocenters. The van der Waals surface area contributed by atoms with Gasteiger partial charge in [0.1, 0.15) is 12.4 Å². The van der Waals surface area contributed by atoms with Gasteiger partial charge in [-0.05, 0) is 49.6 Å². The van der Waals surface area contributed by atoms with Gasteiger partial charge in [-0.15, -0.1) is 11.3 Å². The maximum Gasteiger partial charge on any atom is 0.259 e.